The van der Waals surface area contributed by atoms with Gasteiger partial charge in [0.15, 0.2) is 0 Å². The van der Waals surface area contributed by atoms with Gasteiger partial charge in [0.2, 0.25) is 5.95 Å². The quantitative estimate of drug-likeness (QED) is 0.767. The van der Waals surface area contributed by atoms with Crippen LogP contribution in [0.25, 0.3) is 11.0 Å². The van der Waals surface area contributed by atoms with Gasteiger partial charge in [-0.1, -0.05) is 26.0 Å². The van der Waals surface area contributed by atoms with Crippen molar-refractivity contribution in [2.45, 2.75) is 13.8 Å². The molecule has 1 aromatic heterocycles. The molecular weight excluding hydrogens is 252 g/mol. The van der Waals surface area contributed by atoms with E-state index in [4.69, 9.17) is 0 Å². The number of imidazole rings is 1. The fourth-order valence-corrected chi connectivity index (χ4v) is 2.42. The molecule has 0 fully saturated rings. The summed E-state index contributed by atoms with van der Waals surface area (Å²) in [4.78, 5) is 7.04. The summed E-state index contributed by atoms with van der Waals surface area (Å²) in [6.45, 7) is 4.25. The van der Waals surface area contributed by atoms with Crippen LogP contribution in [0.2, 0.25) is 0 Å². The lowest BCUT2D eigenvalue weighted by atomic mass is 10.2. The van der Waals surface area contributed by atoms with E-state index in [9.17, 15) is 8.42 Å². The van der Waals surface area contributed by atoms with Gasteiger partial charge in [-0.3, -0.25) is 0 Å². The van der Waals surface area contributed by atoms with Gasteiger partial charge in [0, 0.05) is 6.54 Å². The number of nitrogens with one attached hydrogen (secondary N) is 3. The third-order valence-corrected chi connectivity index (χ3v) is 3.31. The maximum Gasteiger partial charge on any atom is 0.301 e. The van der Waals surface area contributed by atoms with Crippen LogP contribution >= 0.6 is 0 Å². The van der Waals surface area contributed by atoms with Crippen molar-refractivity contribution < 1.29 is 8.42 Å². The summed E-state index contributed by atoms with van der Waals surface area (Å²) < 4.78 is 28.2. The number of anilines is 1. The summed E-state index contributed by atoms with van der Waals surface area (Å²) >= 11 is 0. The lowest BCUT2D eigenvalue weighted by Gasteiger charge is -2.08. The highest BCUT2D eigenvalue weighted by Crippen LogP contribution is 2.13. The van der Waals surface area contributed by atoms with Gasteiger partial charge in [0.25, 0.3) is 0 Å². The molecule has 0 aliphatic heterocycles. The Morgan fingerprint density at radius 2 is 2.06 bits per heavy atom. The molecule has 2 rings (SSSR count). The van der Waals surface area contributed by atoms with Gasteiger partial charge in [0.05, 0.1) is 11.0 Å². The van der Waals surface area contributed by atoms with Gasteiger partial charge >= 0.3 is 10.2 Å². The van der Waals surface area contributed by atoms with Crippen LogP contribution < -0.4 is 9.44 Å². The number of para-hydroxylation sites is 2. The van der Waals surface area contributed by atoms with Crippen LogP contribution in [0, 0.1) is 5.92 Å². The molecule has 0 saturated carbocycles. The van der Waals surface area contributed by atoms with E-state index in [2.05, 4.69) is 19.4 Å². The minimum Gasteiger partial charge on any atom is -0.323 e. The number of fused-ring (bicyclic) bond motifs is 1. The predicted octanol–water partition coefficient (Wildman–Crippen LogP) is 1.47. The van der Waals surface area contributed by atoms with Crippen LogP contribution in [0.5, 0.6) is 0 Å². The largest absolute Gasteiger partial charge is 0.323 e. The third kappa shape index (κ3) is 3.21. The Hall–Kier alpha value is -1.60. The predicted molar refractivity (Wildman–Crippen MR) is 71.5 cm³/mol. The fraction of sp³-hybridized carbons (Fsp3) is 0.364. The first-order valence-electron chi connectivity index (χ1n) is 5.68. The zero-order valence-corrected chi connectivity index (χ0v) is 11.1. The second-order valence-electron chi connectivity index (χ2n) is 4.45. The van der Waals surface area contributed by atoms with Crippen molar-refractivity contribution in [1.82, 2.24) is 14.7 Å². The first kappa shape index (κ1) is 12.8. The average Bonchev–Trinajstić information content (AvgIpc) is 2.67. The average molecular weight is 268 g/mol. The van der Waals surface area contributed by atoms with E-state index in [0.717, 1.165) is 11.0 Å². The van der Waals surface area contributed by atoms with Gasteiger partial charge in [-0.25, -0.2) is 9.71 Å². The number of hydrogen-bond acceptors (Lipinski definition) is 3. The highest BCUT2D eigenvalue weighted by Gasteiger charge is 2.12. The first-order chi connectivity index (χ1) is 8.46. The normalized spacial score (nSPS) is 12.2. The molecule has 0 bridgehead atoms. The Kier molecular flexibility index (Phi) is 3.53. The van der Waals surface area contributed by atoms with Crippen LogP contribution in [0.4, 0.5) is 5.95 Å². The van der Waals surface area contributed by atoms with E-state index in [1.165, 1.54) is 0 Å². The highest BCUT2D eigenvalue weighted by atomic mass is 32.2. The summed E-state index contributed by atoms with van der Waals surface area (Å²) in [5.41, 5.74) is 1.51. The third-order valence-electron chi connectivity index (χ3n) is 2.30. The molecule has 0 amide bonds. The number of hydrogen-bond donors (Lipinski definition) is 3. The molecule has 0 atom stereocenters. The SMILES string of the molecule is CC(C)CNS(=O)(=O)Nc1nc2ccccc2[nH]1. The monoisotopic (exact) mass is 268 g/mol. The number of H-pyrrole nitrogens is 1. The Balaban J connectivity index is 2.13. The summed E-state index contributed by atoms with van der Waals surface area (Å²) in [6, 6.07) is 7.35. The number of aromatic nitrogens is 2. The van der Waals surface area contributed by atoms with Crippen LogP contribution in [0.3, 0.4) is 0 Å². The zero-order chi connectivity index (χ0) is 13.2. The molecule has 18 heavy (non-hydrogen) atoms. The van der Waals surface area contributed by atoms with Crippen molar-refractivity contribution in [2.75, 3.05) is 11.3 Å². The van der Waals surface area contributed by atoms with Crippen molar-refractivity contribution >= 4 is 27.2 Å². The second-order valence-corrected chi connectivity index (χ2v) is 5.95. The van der Waals surface area contributed by atoms with Gasteiger partial charge in [-0.05, 0) is 18.1 Å². The molecule has 1 heterocycles. The van der Waals surface area contributed by atoms with Crippen LogP contribution in [-0.2, 0) is 10.2 Å². The lowest BCUT2D eigenvalue weighted by Crippen LogP contribution is -2.33. The Morgan fingerprint density at radius 1 is 1.33 bits per heavy atom. The van der Waals surface area contributed by atoms with Crippen molar-refractivity contribution in [2.24, 2.45) is 5.92 Å². The van der Waals surface area contributed by atoms with Crippen molar-refractivity contribution in [3.63, 3.8) is 0 Å². The molecule has 6 nitrogen and oxygen atoms in total. The van der Waals surface area contributed by atoms with E-state index < -0.39 is 10.2 Å². The van der Waals surface area contributed by atoms with E-state index in [0.29, 0.717) is 6.54 Å². The molecule has 0 radical (unpaired) electrons. The first-order valence-corrected chi connectivity index (χ1v) is 7.17. The molecule has 98 valence electrons. The standard InChI is InChI=1S/C11H16N4O2S/c1-8(2)7-12-18(16,17)15-11-13-9-5-3-4-6-10(9)14-11/h3-6,8,12H,7H2,1-2H3,(H2,13,14,15). The maximum atomic E-state index is 11.7. The van der Waals surface area contributed by atoms with Crippen molar-refractivity contribution in [3.8, 4) is 0 Å². The Morgan fingerprint density at radius 3 is 2.72 bits per heavy atom. The molecule has 0 unspecified atom stereocenters. The second kappa shape index (κ2) is 4.95. The molecule has 0 aliphatic carbocycles. The van der Waals surface area contributed by atoms with Gasteiger partial charge < -0.3 is 4.98 Å². The van der Waals surface area contributed by atoms with Crippen LogP contribution in [0.1, 0.15) is 13.8 Å². The summed E-state index contributed by atoms with van der Waals surface area (Å²) in [5.74, 6) is 0.463. The minimum absolute atomic E-state index is 0.215. The molecule has 1 aromatic carbocycles. The van der Waals surface area contributed by atoms with Gasteiger partial charge in [-0.15, -0.1) is 0 Å². The zero-order valence-electron chi connectivity index (χ0n) is 10.3. The topological polar surface area (TPSA) is 86.9 Å². The summed E-state index contributed by atoms with van der Waals surface area (Å²) in [7, 11) is -3.57. The van der Waals surface area contributed by atoms with Crippen molar-refractivity contribution in [3.05, 3.63) is 24.3 Å². The van der Waals surface area contributed by atoms with E-state index in [-0.39, 0.29) is 11.9 Å². The molecule has 3 N–H and O–H groups in total. The summed E-state index contributed by atoms with van der Waals surface area (Å²) in [5, 5.41) is 0. The maximum absolute atomic E-state index is 11.7. The van der Waals surface area contributed by atoms with E-state index >= 15 is 0 Å². The molecule has 0 aliphatic rings. The molecule has 0 spiro atoms. The van der Waals surface area contributed by atoms with Gasteiger partial charge in [-0.2, -0.15) is 13.1 Å². The number of nitrogens with zero attached hydrogens (tertiary/aromatic N) is 1. The molecule has 2 aromatic rings. The summed E-state index contributed by atoms with van der Waals surface area (Å²) in [6.07, 6.45) is 0. The fourth-order valence-electron chi connectivity index (χ4n) is 1.44. The highest BCUT2D eigenvalue weighted by molar-refractivity contribution is 7.90. The van der Waals surface area contributed by atoms with Gasteiger partial charge in [0.1, 0.15) is 0 Å². The number of rotatable bonds is 5. The Labute approximate surface area is 106 Å². The molecular formula is C11H16N4O2S. The Bertz CT molecular complexity index is 600. The van der Waals surface area contributed by atoms with Crippen molar-refractivity contribution in [1.29, 1.82) is 0 Å². The lowest BCUT2D eigenvalue weighted by molar-refractivity contribution is 0.564. The molecule has 7 heteroatoms. The minimum atomic E-state index is -3.57. The number of benzene rings is 1. The van der Waals surface area contributed by atoms with E-state index in [1.54, 1.807) is 0 Å². The van der Waals surface area contributed by atoms with Crippen LogP contribution in [-0.4, -0.2) is 24.9 Å². The smallest absolute Gasteiger partial charge is 0.301 e. The van der Waals surface area contributed by atoms with Crippen LogP contribution in [0.15, 0.2) is 24.3 Å². The molecule has 0 saturated heterocycles. The van der Waals surface area contributed by atoms with E-state index in [1.807, 2.05) is 38.1 Å². The number of aromatic amines is 1.